The molecule has 5 nitrogen and oxygen atoms in total. The van der Waals surface area contributed by atoms with Gasteiger partial charge in [-0.15, -0.1) is 0 Å². The molecular weight excluding hydrogens is 266 g/mol. The monoisotopic (exact) mass is 291 g/mol. The number of carbonyl (C=O) groups is 1. The number of unbranched alkanes of at least 4 members (excludes halogenated alkanes) is 1. The molecule has 0 radical (unpaired) electrons. The molecule has 0 aromatic heterocycles. The lowest BCUT2D eigenvalue weighted by Crippen LogP contribution is -2.23. The van der Waals surface area contributed by atoms with Crippen LogP contribution in [0.25, 0.3) is 0 Å². The van der Waals surface area contributed by atoms with E-state index in [0.717, 1.165) is 31.2 Å². The lowest BCUT2D eigenvalue weighted by atomic mass is 9.98. The quantitative estimate of drug-likeness (QED) is 0.312. The number of oxime groups is 1. The van der Waals surface area contributed by atoms with E-state index >= 15 is 0 Å². The number of aryl methyl sites for hydroxylation is 1. The number of benzene rings is 1. The lowest BCUT2D eigenvalue weighted by Gasteiger charge is -2.16. The van der Waals surface area contributed by atoms with E-state index in [2.05, 4.69) is 17.4 Å². The van der Waals surface area contributed by atoms with Crippen molar-refractivity contribution in [1.82, 2.24) is 0 Å². The first-order valence-electron chi connectivity index (χ1n) is 7.42. The first kappa shape index (κ1) is 17.0. The third-order valence-electron chi connectivity index (χ3n) is 3.67. The molecule has 4 N–H and O–H groups in total. The van der Waals surface area contributed by atoms with Crippen LogP contribution in [0.5, 0.6) is 0 Å². The number of amidine groups is 1. The van der Waals surface area contributed by atoms with E-state index in [4.69, 9.17) is 10.9 Å². The predicted molar refractivity (Wildman–Crippen MR) is 85.6 cm³/mol. The first-order chi connectivity index (χ1) is 10.0. The predicted octanol–water partition coefficient (Wildman–Crippen LogP) is 3.24. The van der Waals surface area contributed by atoms with Gasteiger partial charge in [-0.1, -0.05) is 44.0 Å². The van der Waals surface area contributed by atoms with Gasteiger partial charge in [0, 0.05) is 17.2 Å². The SMILES string of the molecule is CCCCC(CC)C(=O)Nc1cc(C(N)=NO)ccc1C. The Kier molecular flexibility index (Phi) is 6.72. The molecule has 116 valence electrons. The van der Waals surface area contributed by atoms with Gasteiger partial charge in [-0.3, -0.25) is 4.79 Å². The van der Waals surface area contributed by atoms with Crippen LogP contribution in [0.15, 0.2) is 23.4 Å². The second-order valence-corrected chi connectivity index (χ2v) is 5.25. The van der Waals surface area contributed by atoms with Crippen molar-refractivity contribution in [3.8, 4) is 0 Å². The van der Waals surface area contributed by atoms with Crippen molar-refractivity contribution in [2.75, 3.05) is 5.32 Å². The van der Waals surface area contributed by atoms with E-state index < -0.39 is 0 Å². The van der Waals surface area contributed by atoms with Crippen LogP contribution in [-0.2, 0) is 4.79 Å². The molecule has 0 aliphatic carbocycles. The molecule has 0 saturated carbocycles. The van der Waals surface area contributed by atoms with E-state index in [1.807, 2.05) is 19.9 Å². The van der Waals surface area contributed by atoms with Crippen LogP contribution in [0.3, 0.4) is 0 Å². The zero-order valence-electron chi connectivity index (χ0n) is 13.0. The van der Waals surface area contributed by atoms with Crippen molar-refractivity contribution in [3.63, 3.8) is 0 Å². The van der Waals surface area contributed by atoms with Crippen molar-refractivity contribution in [3.05, 3.63) is 29.3 Å². The molecule has 1 rings (SSSR count). The standard InChI is InChI=1S/C16H25N3O2/c1-4-6-7-12(5-2)16(20)18-14-10-13(15(17)19-21)9-8-11(14)3/h8-10,12,21H,4-7H2,1-3H3,(H2,17,19)(H,18,20). The number of hydrogen-bond acceptors (Lipinski definition) is 3. The van der Waals surface area contributed by atoms with E-state index in [0.29, 0.717) is 11.3 Å². The Morgan fingerprint density at radius 3 is 2.71 bits per heavy atom. The van der Waals surface area contributed by atoms with Gasteiger partial charge < -0.3 is 16.3 Å². The summed E-state index contributed by atoms with van der Waals surface area (Å²) < 4.78 is 0. The third-order valence-corrected chi connectivity index (χ3v) is 3.67. The second kappa shape index (κ2) is 8.29. The first-order valence-corrected chi connectivity index (χ1v) is 7.42. The number of nitrogens with one attached hydrogen (secondary N) is 1. The molecule has 1 atom stereocenters. The van der Waals surface area contributed by atoms with E-state index in [1.165, 1.54) is 0 Å². The fourth-order valence-corrected chi connectivity index (χ4v) is 2.18. The van der Waals surface area contributed by atoms with Crippen LogP contribution in [0.2, 0.25) is 0 Å². The molecule has 1 aromatic carbocycles. The number of anilines is 1. The molecule has 0 saturated heterocycles. The summed E-state index contributed by atoms with van der Waals surface area (Å²) in [6.45, 7) is 6.06. The number of carbonyl (C=O) groups excluding carboxylic acids is 1. The van der Waals surface area contributed by atoms with Gasteiger partial charge in [0.25, 0.3) is 0 Å². The largest absolute Gasteiger partial charge is 0.409 e. The average Bonchev–Trinajstić information content (AvgIpc) is 2.49. The van der Waals surface area contributed by atoms with Gasteiger partial charge in [-0.05, 0) is 31.4 Å². The van der Waals surface area contributed by atoms with Gasteiger partial charge in [-0.2, -0.15) is 0 Å². The highest BCUT2D eigenvalue weighted by Crippen LogP contribution is 2.20. The summed E-state index contributed by atoms with van der Waals surface area (Å²) in [4.78, 5) is 12.3. The topological polar surface area (TPSA) is 87.7 Å². The van der Waals surface area contributed by atoms with Crippen LogP contribution >= 0.6 is 0 Å². The number of nitrogens with zero attached hydrogens (tertiary/aromatic N) is 1. The minimum absolute atomic E-state index is 0.0249. The maximum absolute atomic E-state index is 12.3. The maximum Gasteiger partial charge on any atom is 0.227 e. The Morgan fingerprint density at radius 1 is 1.43 bits per heavy atom. The summed E-state index contributed by atoms with van der Waals surface area (Å²) in [5, 5.41) is 14.7. The fraction of sp³-hybridized carbons (Fsp3) is 0.500. The Labute approximate surface area is 126 Å². The summed E-state index contributed by atoms with van der Waals surface area (Å²) in [6.07, 6.45) is 3.86. The Bertz CT molecular complexity index is 512. The van der Waals surface area contributed by atoms with Gasteiger partial charge in [0.15, 0.2) is 5.84 Å². The molecule has 21 heavy (non-hydrogen) atoms. The minimum Gasteiger partial charge on any atom is -0.409 e. The van der Waals surface area contributed by atoms with Crippen LogP contribution in [0.4, 0.5) is 5.69 Å². The normalized spacial score (nSPS) is 13.0. The third kappa shape index (κ3) is 4.77. The highest BCUT2D eigenvalue weighted by molar-refractivity contribution is 6.00. The zero-order chi connectivity index (χ0) is 15.8. The van der Waals surface area contributed by atoms with Gasteiger partial charge in [-0.25, -0.2) is 0 Å². The molecule has 0 aliphatic rings. The Morgan fingerprint density at radius 2 is 2.14 bits per heavy atom. The molecule has 0 aliphatic heterocycles. The van der Waals surface area contributed by atoms with Crippen molar-refractivity contribution in [1.29, 1.82) is 0 Å². The number of rotatable bonds is 7. The molecule has 1 amide bonds. The minimum atomic E-state index is 0.0249. The summed E-state index contributed by atoms with van der Waals surface area (Å²) in [5.74, 6) is 0.0890. The van der Waals surface area contributed by atoms with Crippen LogP contribution in [0, 0.1) is 12.8 Å². The summed E-state index contributed by atoms with van der Waals surface area (Å²) in [6, 6.07) is 5.33. The van der Waals surface area contributed by atoms with E-state index in [9.17, 15) is 4.79 Å². The molecule has 0 spiro atoms. The number of hydrogen-bond donors (Lipinski definition) is 3. The van der Waals surface area contributed by atoms with Crippen molar-refractivity contribution in [2.24, 2.45) is 16.8 Å². The van der Waals surface area contributed by atoms with Crippen molar-refractivity contribution >= 4 is 17.4 Å². The van der Waals surface area contributed by atoms with Gasteiger partial charge >= 0.3 is 0 Å². The number of amides is 1. The molecular formula is C16H25N3O2. The Hall–Kier alpha value is -2.04. The van der Waals surface area contributed by atoms with Gasteiger partial charge in [0.2, 0.25) is 5.91 Å². The van der Waals surface area contributed by atoms with Crippen LogP contribution in [-0.4, -0.2) is 17.0 Å². The molecule has 0 bridgehead atoms. The molecule has 0 heterocycles. The van der Waals surface area contributed by atoms with E-state index in [-0.39, 0.29) is 17.7 Å². The van der Waals surface area contributed by atoms with Gasteiger partial charge in [0.05, 0.1) is 0 Å². The fourth-order valence-electron chi connectivity index (χ4n) is 2.18. The molecule has 1 unspecified atom stereocenters. The molecule has 0 fully saturated rings. The van der Waals surface area contributed by atoms with Crippen molar-refractivity contribution in [2.45, 2.75) is 46.5 Å². The van der Waals surface area contributed by atoms with Crippen LogP contribution in [0.1, 0.15) is 50.7 Å². The summed E-state index contributed by atoms with van der Waals surface area (Å²) >= 11 is 0. The molecule has 5 heteroatoms. The summed E-state index contributed by atoms with van der Waals surface area (Å²) in [5.41, 5.74) is 7.82. The maximum atomic E-state index is 12.3. The number of nitrogens with two attached hydrogens (primary N) is 1. The average molecular weight is 291 g/mol. The smallest absolute Gasteiger partial charge is 0.227 e. The zero-order valence-corrected chi connectivity index (χ0v) is 13.0. The molecule has 1 aromatic rings. The highest BCUT2D eigenvalue weighted by Gasteiger charge is 2.17. The second-order valence-electron chi connectivity index (χ2n) is 5.25. The highest BCUT2D eigenvalue weighted by atomic mass is 16.4. The van der Waals surface area contributed by atoms with Gasteiger partial charge in [0.1, 0.15) is 0 Å². The van der Waals surface area contributed by atoms with E-state index in [1.54, 1.807) is 12.1 Å². The summed E-state index contributed by atoms with van der Waals surface area (Å²) in [7, 11) is 0. The van der Waals surface area contributed by atoms with Crippen LogP contribution < -0.4 is 11.1 Å². The Balaban J connectivity index is 2.88. The van der Waals surface area contributed by atoms with Crippen molar-refractivity contribution < 1.29 is 10.0 Å². The lowest BCUT2D eigenvalue weighted by molar-refractivity contribution is -0.120.